The normalized spacial score (nSPS) is 22.3. The summed E-state index contributed by atoms with van der Waals surface area (Å²) in [7, 11) is 1.61. The van der Waals surface area contributed by atoms with Crippen LogP contribution in [0.3, 0.4) is 0 Å². The number of benzene rings is 5. The highest BCUT2D eigenvalue weighted by Crippen LogP contribution is 2.59. The van der Waals surface area contributed by atoms with Crippen LogP contribution in [0.5, 0.6) is 5.75 Å². The van der Waals surface area contributed by atoms with E-state index in [1.807, 2.05) is 78.9 Å². The van der Waals surface area contributed by atoms with Crippen molar-refractivity contribution >= 4 is 49.7 Å². The first-order valence-electron chi connectivity index (χ1n) is 20.4. The number of nitrogens with one attached hydrogen (secondary N) is 1. The zero-order valence-electron chi connectivity index (χ0n) is 33.5. The number of hydrogen-bond acceptors (Lipinski definition) is 6. The van der Waals surface area contributed by atoms with Gasteiger partial charge in [0.25, 0.3) is 0 Å². The number of thiophene rings is 1. The molecule has 2 amide bonds. The van der Waals surface area contributed by atoms with Crippen LogP contribution < -0.4 is 10.1 Å². The van der Waals surface area contributed by atoms with E-state index in [0.29, 0.717) is 54.0 Å². The Hall–Kier alpha value is -5.28. The summed E-state index contributed by atoms with van der Waals surface area (Å²) < 4.78 is 6.42. The summed E-state index contributed by atoms with van der Waals surface area (Å²) in [5.41, 5.74) is 3.28. The van der Waals surface area contributed by atoms with Crippen molar-refractivity contribution in [3.63, 3.8) is 0 Å². The van der Waals surface area contributed by atoms with Gasteiger partial charge in [-0.2, -0.15) is 0 Å². The maximum atomic E-state index is 14.7. The van der Waals surface area contributed by atoms with Crippen LogP contribution in [0.1, 0.15) is 90.2 Å². The number of carbonyl (C=O) groups is 2. The van der Waals surface area contributed by atoms with Gasteiger partial charge in [0, 0.05) is 27.9 Å². The van der Waals surface area contributed by atoms with E-state index in [2.05, 4.69) is 61.6 Å². The monoisotopic (exact) mass is 792 g/mol. The molecule has 1 aromatic heterocycles. The Bertz CT molecular complexity index is 2450. The van der Waals surface area contributed by atoms with Gasteiger partial charge in [-0.1, -0.05) is 91.4 Å². The maximum Gasteiger partial charge on any atom is 0.322 e. The second-order valence-electron chi connectivity index (χ2n) is 16.6. The van der Waals surface area contributed by atoms with Crippen LogP contribution in [0.25, 0.3) is 20.9 Å². The zero-order valence-corrected chi connectivity index (χ0v) is 34.4. The van der Waals surface area contributed by atoms with E-state index in [-0.39, 0.29) is 30.8 Å². The number of ether oxygens (including phenoxy) is 1. The number of allylic oxidation sites excluding steroid dienone is 2. The molecule has 0 spiro atoms. The van der Waals surface area contributed by atoms with Crippen LogP contribution in [-0.4, -0.2) is 52.3 Å². The van der Waals surface area contributed by atoms with Gasteiger partial charge >= 0.3 is 6.03 Å². The molecule has 5 aromatic carbocycles. The van der Waals surface area contributed by atoms with Gasteiger partial charge in [-0.25, -0.2) is 4.79 Å². The molecule has 0 saturated heterocycles. The predicted octanol–water partition coefficient (Wildman–Crippen LogP) is 11.1. The molecule has 1 heterocycles. The third kappa shape index (κ3) is 7.93. The molecule has 3 N–H and O–H groups in total. The highest BCUT2D eigenvalue weighted by Gasteiger charge is 2.57. The van der Waals surface area contributed by atoms with Crippen LogP contribution in [0, 0.1) is 5.41 Å². The third-order valence-corrected chi connectivity index (χ3v) is 14.0. The molecule has 2 bridgehead atoms. The van der Waals surface area contributed by atoms with Gasteiger partial charge in [0.15, 0.2) is 0 Å². The molecule has 9 rings (SSSR count). The number of urea groups is 1. The Labute approximate surface area is 345 Å². The number of aliphatic hydroxyl groups excluding tert-OH is 1. The summed E-state index contributed by atoms with van der Waals surface area (Å²) in [6.45, 7) is 4.67. The summed E-state index contributed by atoms with van der Waals surface area (Å²) >= 11 is 1.50. The van der Waals surface area contributed by atoms with Crippen LogP contribution in [-0.2, 0) is 13.0 Å². The fourth-order valence-electron chi connectivity index (χ4n) is 9.45. The maximum absolute atomic E-state index is 14.7. The molecule has 0 aliphatic heterocycles. The summed E-state index contributed by atoms with van der Waals surface area (Å²) in [5, 5.41) is 30.7. The van der Waals surface area contributed by atoms with Crippen molar-refractivity contribution in [2.75, 3.05) is 19.0 Å². The fraction of sp³-hybridized carbons (Fsp3) is 0.320. The second-order valence-corrected chi connectivity index (χ2v) is 17.7. The summed E-state index contributed by atoms with van der Waals surface area (Å²) in [5.74, 6) is 0.479. The topological polar surface area (TPSA) is 99.1 Å². The first-order valence-corrected chi connectivity index (χ1v) is 21.2. The summed E-state index contributed by atoms with van der Waals surface area (Å²) in [6, 6.07) is 37.5. The molecular weight excluding hydrogens is 741 g/mol. The van der Waals surface area contributed by atoms with Gasteiger partial charge in [0.05, 0.1) is 30.2 Å². The number of rotatable bonds is 8. The number of nitrogens with zero attached hydrogens (tertiary/aromatic N) is 1. The van der Waals surface area contributed by atoms with Crippen molar-refractivity contribution in [1.29, 1.82) is 0 Å². The van der Waals surface area contributed by atoms with E-state index in [1.54, 1.807) is 12.0 Å². The lowest BCUT2D eigenvalue weighted by Crippen LogP contribution is -2.54. The van der Waals surface area contributed by atoms with Crippen molar-refractivity contribution in [3.8, 4) is 5.75 Å². The van der Waals surface area contributed by atoms with Crippen LogP contribution in [0.2, 0.25) is 0 Å². The van der Waals surface area contributed by atoms with Crippen molar-refractivity contribution < 1.29 is 24.5 Å². The number of anilines is 1. The average Bonchev–Trinajstić information content (AvgIpc) is 3.78. The molecule has 4 unspecified atom stereocenters. The number of methoxy groups -OCH3 is 1. The molecule has 7 nitrogen and oxygen atoms in total. The zero-order chi connectivity index (χ0) is 40.4. The summed E-state index contributed by atoms with van der Waals surface area (Å²) in [4.78, 5) is 31.7. The lowest BCUT2D eigenvalue weighted by atomic mass is 9.64. The van der Waals surface area contributed by atoms with E-state index in [0.717, 1.165) is 50.4 Å². The molecule has 3 aliphatic carbocycles. The van der Waals surface area contributed by atoms with E-state index in [1.165, 1.54) is 16.9 Å². The SMILES string of the molecule is COc1ccc(NC(=O)N(Cc2cccc3ccccc23)CC2(O)CCC3c4ccc(cc4C(=O)c4cc5ccccc5s4)CC(O)CCC(C)=CCCC32C)cc1. The van der Waals surface area contributed by atoms with Gasteiger partial charge in [0.1, 0.15) is 5.75 Å². The molecule has 1 saturated carbocycles. The highest BCUT2D eigenvalue weighted by atomic mass is 32.1. The Morgan fingerprint density at radius 2 is 1.66 bits per heavy atom. The smallest absolute Gasteiger partial charge is 0.322 e. The molecule has 58 heavy (non-hydrogen) atoms. The Kier molecular flexibility index (Phi) is 11.3. The van der Waals surface area contributed by atoms with Gasteiger partial charge in [0.2, 0.25) is 5.78 Å². The number of hydrogen-bond donors (Lipinski definition) is 3. The Morgan fingerprint density at radius 3 is 2.45 bits per heavy atom. The summed E-state index contributed by atoms with van der Waals surface area (Å²) in [6.07, 6.45) is 6.03. The quantitative estimate of drug-likeness (QED) is 0.105. The lowest BCUT2D eigenvalue weighted by molar-refractivity contribution is -0.0773. The third-order valence-electron chi connectivity index (χ3n) is 12.9. The second kappa shape index (κ2) is 16.5. The van der Waals surface area contributed by atoms with Gasteiger partial charge < -0.3 is 25.2 Å². The van der Waals surface area contributed by atoms with Crippen LogP contribution in [0.4, 0.5) is 10.5 Å². The molecule has 4 atom stereocenters. The largest absolute Gasteiger partial charge is 0.497 e. The lowest BCUT2D eigenvalue weighted by Gasteiger charge is -2.46. The molecule has 298 valence electrons. The highest BCUT2D eigenvalue weighted by molar-refractivity contribution is 7.21. The molecule has 3 aliphatic rings. The minimum atomic E-state index is -1.30. The van der Waals surface area contributed by atoms with Gasteiger partial charge in [-0.3, -0.25) is 4.79 Å². The number of carbonyl (C=O) groups excluding carboxylic acids is 2. The van der Waals surface area contributed by atoms with E-state index in [4.69, 9.17) is 4.74 Å². The first-order chi connectivity index (χ1) is 28.0. The van der Waals surface area contributed by atoms with E-state index >= 15 is 0 Å². The van der Waals surface area contributed by atoms with E-state index < -0.39 is 17.1 Å². The molecule has 8 heteroatoms. The van der Waals surface area contributed by atoms with Crippen molar-refractivity contribution in [1.82, 2.24) is 4.90 Å². The van der Waals surface area contributed by atoms with Crippen molar-refractivity contribution in [3.05, 3.63) is 154 Å². The number of aliphatic hydroxyl groups is 2. The standard InChI is InChI=1S/C50H52N2O5S/c1-33-10-9-26-49(2)44(42-24-18-34(28-39(53)21-17-33)29-43(42)47(54)46-30-36-12-5-7-16-45(36)58-46)25-27-50(49,56)32-52(48(55)51-38-19-22-40(57-3)23-20-38)31-37-14-8-13-35-11-4-6-15-41(35)37/h4-8,10-16,18-20,22-24,29-30,39,44,53,56H,9,17,21,25-28,31-32H2,1-3H3,(H,51,55). The Balaban J connectivity index is 1.20. The van der Waals surface area contributed by atoms with Crippen LogP contribution in [0.15, 0.2) is 127 Å². The average molecular weight is 793 g/mol. The molecule has 1 fully saturated rings. The first kappa shape index (κ1) is 39.5. The van der Waals surface area contributed by atoms with E-state index in [9.17, 15) is 19.8 Å². The predicted molar refractivity (Wildman–Crippen MR) is 235 cm³/mol. The molecule has 6 aromatic rings. The van der Waals surface area contributed by atoms with Gasteiger partial charge in [-0.05, 0) is 133 Å². The molecule has 0 radical (unpaired) electrons. The Morgan fingerprint density at radius 1 is 0.897 bits per heavy atom. The van der Waals surface area contributed by atoms with Crippen LogP contribution >= 0.6 is 11.3 Å². The minimum absolute atomic E-state index is 0.0374. The minimum Gasteiger partial charge on any atom is -0.497 e. The van der Waals surface area contributed by atoms with Gasteiger partial charge in [-0.15, -0.1) is 11.3 Å². The fourth-order valence-corrected chi connectivity index (χ4v) is 10.5. The van der Waals surface area contributed by atoms with Crippen molar-refractivity contribution in [2.45, 2.75) is 83.0 Å². The number of fused-ring (bicyclic) bond motifs is 10. The molecular formula is C50H52N2O5S. The number of amides is 2. The number of ketones is 1. The van der Waals surface area contributed by atoms with Crippen molar-refractivity contribution in [2.24, 2.45) is 5.41 Å².